The van der Waals surface area contributed by atoms with Gasteiger partial charge in [-0.3, -0.25) is 4.79 Å². The fourth-order valence-electron chi connectivity index (χ4n) is 2.00. The molecule has 0 spiro atoms. The Morgan fingerprint density at radius 3 is 2.64 bits per heavy atom. The molecule has 0 aliphatic carbocycles. The molecule has 1 atom stereocenters. The number of aryl methyl sites for hydroxylation is 1. The minimum absolute atomic E-state index is 0.0145. The molecule has 1 aromatic heterocycles. The highest BCUT2D eigenvalue weighted by Crippen LogP contribution is 2.21. The maximum Gasteiger partial charge on any atom is 0.230 e. The predicted molar refractivity (Wildman–Crippen MR) is 91.2 cm³/mol. The van der Waals surface area contributed by atoms with E-state index in [2.05, 4.69) is 32.5 Å². The van der Waals surface area contributed by atoms with E-state index < -0.39 is 0 Å². The Morgan fingerprint density at radius 1 is 1.32 bits per heavy atom. The van der Waals surface area contributed by atoms with Crippen molar-refractivity contribution in [3.63, 3.8) is 0 Å². The van der Waals surface area contributed by atoms with E-state index in [0.29, 0.717) is 12.3 Å². The van der Waals surface area contributed by atoms with Gasteiger partial charge in [0.15, 0.2) is 4.34 Å². The van der Waals surface area contributed by atoms with Crippen LogP contribution in [0.25, 0.3) is 0 Å². The van der Waals surface area contributed by atoms with Crippen molar-refractivity contribution in [1.82, 2.24) is 20.4 Å². The van der Waals surface area contributed by atoms with Crippen molar-refractivity contribution in [2.45, 2.75) is 17.3 Å². The number of carbonyl (C=O) groups is 1. The van der Waals surface area contributed by atoms with Gasteiger partial charge in [-0.05, 0) is 26.6 Å². The van der Waals surface area contributed by atoms with Crippen LogP contribution in [0.3, 0.4) is 0 Å². The zero-order valence-electron chi connectivity index (χ0n) is 12.9. The highest BCUT2D eigenvalue weighted by molar-refractivity contribution is 8.01. The fourth-order valence-corrected chi connectivity index (χ4v) is 3.64. The largest absolute Gasteiger partial charge is 0.353 e. The lowest BCUT2D eigenvalue weighted by molar-refractivity contribution is -0.118. The van der Waals surface area contributed by atoms with Crippen LogP contribution in [0, 0.1) is 6.92 Å². The molecule has 0 aliphatic rings. The second-order valence-corrected chi connectivity index (χ2v) is 7.47. The van der Waals surface area contributed by atoms with Gasteiger partial charge >= 0.3 is 0 Å². The van der Waals surface area contributed by atoms with Crippen LogP contribution in [-0.2, 0) is 4.79 Å². The average Bonchev–Trinajstić information content (AvgIpc) is 2.92. The topological polar surface area (TPSA) is 58.1 Å². The number of rotatable bonds is 7. The number of hydrogen-bond acceptors (Lipinski definition) is 6. The molecule has 0 saturated carbocycles. The minimum Gasteiger partial charge on any atom is -0.353 e. The van der Waals surface area contributed by atoms with Crippen LogP contribution < -0.4 is 5.32 Å². The van der Waals surface area contributed by atoms with Gasteiger partial charge in [0.1, 0.15) is 5.01 Å². The summed E-state index contributed by atoms with van der Waals surface area (Å²) in [6, 6.07) is 10.3. The highest BCUT2D eigenvalue weighted by Gasteiger charge is 2.15. The van der Waals surface area contributed by atoms with Gasteiger partial charge in [0.25, 0.3) is 0 Å². The molecular formula is C15H20N4OS2. The third kappa shape index (κ3) is 5.08. The predicted octanol–water partition coefficient (Wildman–Crippen LogP) is 2.36. The fraction of sp³-hybridized carbons (Fsp3) is 0.400. The lowest BCUT2D eigenvalue weighted by Crippen LogP contribution is -2.35. The summed E-state index contributed by atoms with van der Waals surface area (Å²) in [5.74, 6) is 0.379. The molecule has 1 aromatic carbocycles. The Morgan fingerprint density at radius 2 is 2.05 bits per heavy atom. The summed E-state index contributed by atoms with van der Waals surface area (Å²) in [7, 11) is 4.03. The standard InChI is InChI=1S/C15H20N4OS2/c1-11-17-18-15(22-11)21-10-14(20)16-9-13(19(2)3)12-7-5-4-6-8-12/h4-8,13H,9-10H2,1-3H3,(H,16,20)/t13-/m0/s1. The van der Waals surface area contributed by atoms with Crippen molar-refractivity contribution in [3.05, 3.63) is 40.9 Å². The summed E-state index contributed by atoms with van der Waals surface area (Å²) in [6.07, 6.45) is 0. The van der Waals surface area contributed by atoms with Crippen molar-refractivity contribution in [2.75, 3.05) is 26.4 Å². The Labute approximate surface area is 139 Å². The van der Waals surface area contributed by atoms with E-state index in [0.717, 1.165) is 9.35 Å². The maximum absolute atomic E-state index is 12.0. The van der Waals surface area contributed by atoms with E-state index >= 15 is 0 Å². The van der Waals surface area contributed by atoms with Crippen molar-refractivity contribution in [3.8, 4) is 0 Å². The molecule has 118 valence electrons. The van der Waals surface area contributed by atoms with Crippen LogP contribution in [0.1, 0.15) is 16.6 Å². The highest BCUT2D eigenvalue weighted by atomic mass is 32.2. The monoisotopic (exact) mass is 336 g/mol. The molecule has 0 fully saturated rings. The van der Waals surface area contributed by atoms with Crippen LogP contribution >= 0.6 is 23.1 Å². The zero-order valence-corrected chi connectivity index (χ0v) is 14.6. The van der Waals surface area contributed by atoms with E-state index in [4.69, 9.17) is 0 Å². The van der Waals surface area contributed by atoms with Crippen molar-refractivity contribution >= 4 is 29.0 Å². The third-order valence-corrected chi connectivity index (χ3v) is 5.11. The van der Waals surface area contributed by atoms with Gasteiger partial charge in [-0.2, -0.15) is 0 Å². The van der Waals surface area contributed by atoms with Crippen molar-refractivity contribution in [1.29, 1.82) is 0 Å². The van der Waals surface area contributed by atoms with Gasteiger partial charge in [-0.25, -0.2) is 0 Å². The molecular weight excluding hydrogens is 316 g/mol. The van der Waals surface area contributed by atoms with Crippen molar-refractivity contribution < 1.29 is 4.79 Å². The molecule has 2 rings (SSSR count). The lowest BCUT2D eigenvalue weighted by atomic mass is 10.1. The normalized spacial score (nSPS) is 12.4. The van der Waals surface area contributed by atoms with Gasteiger partial charge < -0.3 is 10.2 Å². The molecule has 1 heterocycles. The Bertz CT molecular complexity index is 601. The first-order valence-electron chi connectivity index (χ1n) is 6.97. The van der Waals surface area contributed by atoms with E-state index in [1.165, 1.54) is 28.7 Å². The molecule has 5 nitrogen and oxygen atoms in total. The van der Waals surface area contributed by atoms with Crippen LogP contribution in [0.4, 0.5) is 0 Å². The van der Waals surface area contributed by atoms with Crippen LogP contribution in [0.2, 0.25) is 0 Å². The SMILES string of the molecule is Cc1nnc(SCC(=O)NC[C@@H](c2ccccc2)N(C)C)s1. The van der Waals surface area contributed by atoms with Gasteiger partial charge in [0, 0.05) is 6.54 Å². The molecule has 0 radical (unpaired) electrons. The van der Waals surface area contributed by atoms with Crippen molar-refractivity contribution in [2.24, 2.45) is 0 Å². The number of hydrogen-bond donors (Lipinski definition) is 1. The van der Waals surface area contributed by atoms with E-state index in [-0.39, 0.29) is 11.9 Å². The number of aromatic nitrogens is 2. The zero-order chi connectivity index (χ0) is 15.9. The molecule has 7 heteroatoms. The van der Waals surface area contributed by atoms with Gasteiger partial charge in [0.05, 0.1) is 11.8 Å². The molecule has 0 saturated heterocycles. The molecule has 1 N–H and O–H groups in total. The molecule has 0 bridgehead atoms. The first-order chi connectivity index (χ1) is 10.6. The summed E-state index contributed by atoms with van der Waals surface area (Å²) >= 11 is 2.93. The number of benzene rings is 1. The average molecular weight is 336 g/mol. The van der Waals surface area contributed by atoms with Gasteiger partial charge in [-0.15, -0.1) is 10.2 Å². The Kier molecular flexibility index (Phi) is 6.35. The number of amides is 1. The second kappa shape index (κ2) is 8.26. The lowest BCUT2D eigenvalue weighted by Gasteiger charge is -2.25. The van der Waals surface area contributed by atoms with Crippen LogP contribution in [-0.4, -0.2) is 47.4 Å². The second-order valence-electron chi connectivity index (χ2n) is 5.07. The van der Waals surface area contributed by atoms with E-state index in [1.54, 1.807) is 0 Å². The number of likely N-dealkylation sites (N-methyl/N-ethyl adjacent to an activating group) is 1. The Hall–Kier alpha value is -1.44. The third-order valence-electron chi connectivity index (χ3n) is 3.13. The summed E-state index contributed by atoms with van der Waals surface area (Å²) in [4.78, 5) is 14.1. The minimum atomic E-state index is 0.0145. The van der Waals surface area contributed by atoms with E-state index in [9.17, 15) is 4.79 Å². The molecule has 2 aromatic rings. The summed E-state index contributed by atoms with van der Waals surface area (Å²) in [5.41, 5.74) is 1.19. The first-order valence-corrected chi connectivity index (χ1v) is 8.77. The number of nitrogens with zero attached hydrogens (tertiary/aromatic N) is 3. The number of nitrogens with one attached hydrogen (secondary N) is 1. The summed E-state index contributed by atoms with van der Waals surface area (Å²) in [5, 5.41) is 11.9. The quantitative estimate of drug-likeness (QED) is 0.787. The molecule has 0 aliphatic heterocycles. The molecule has 0 unspecified atom stereocenters. The van der Waals surface area contributed by atoms with Gasteiger partial charge in [0.2, 0.25) is 5.91 Å². The maximum atomic E-state index is 12.0. The molecule has 1 amide bonds. The number of thioether (sulfide) groups is 1. The van der Waals surface area contributed by atoms with Crippen LogP contribution in [0.5, 0.6) is 0 Å². The van der Waals surface area contributed by atoms with Gasteiger partial charge in [-0.1, -0.05) is 53.4 Å². The smallest absolute Gasteiger partial charge is 0.230 e. The molecule has 22 heavy (non-hydrogen) atoms. The first kappa shape index (κ1) is 16.9. The number of carbonyl (C=O) groups excluding carboxylic acids is 1. The van der Waals surface area contributed by atoms with E-state index in [1.807, 2.05) is 39.2 Å². The summed E-state index contributed by atoms with van der Waals surface area (Å²) in [6.45, 7) is 2.49. The Balaban J connectivity index is 1.83. The van der Waals surface area contributed by atoms with Crippen LogP contribution in [0.15, 0.2) is 34.7 Å². The summed E-state index contributed by atoms with van der Waals surface area (Å²) < 4.78 is 0.833.